The highest BCUT2D eigenvalue weighted by molar-refractivity contribution is 6.06. The molecule has 1 aromatic heterocycles. The third kappa shape index (κ3) is 2.01. The Balaban J connectivity index is 1.70. The van der Waals surface area contributed by atoms with E-state index >= 15 is 0 Å². The number of rotatable bonds is 1. The summed E-state index contributed by atoms with van der Waals surface area (Å²) >= 11 is 0. The standard InChI is InChI=1S/C16H14N2O3/c19-16-15-11(2-1-6-17-15)5-7-18(16)12-3-4-13-14(10-12)21-9-8-20-13/h1-4,6,10H,5,7-9H2. The maximum Gasteiger partial charge on any atom is 0.277 e. The van der Waals surface area contributed by atoms with E-state index in [9.17, 15) is 4.79 Å². The van der Waals surface area contributed by atoms with Crippen LogP contribution < -0.4 is 14.4 Å². The van der Waals surface area contributed by atoms with Crippen LogP contribution in [0.5, 0.6) is 11.5 Å². The molecule has 2 aliphatic rings. The number of fused-ring (bicyclic) bond motifs is 2. The molecule has 3 heterocycles. The highest BCUT2D eigenvalue weighted by Crippen LogP contribution is 2.35. The van der Waals surface area contributed by atoms with Crippen LogP contribution in [0.3, 0.4) is 0 Å². The van der Waals surface area contributed by atoms with Gasteiger partial charge in [-0.05, 0) is 30.2 Å². The molecule has 0 aliphatic carbocycles. The number of carbonyl (C=O) groups is 1. The van der Waals surface area contributed by atoms with Crippen molar-refractivity contribution in [3.05, 3.63) is 47.8 Å². The summed E-state index contributed by atoms with van der Waals surface area (Å²) in [6, 6.07) is 9.43. The van der Waals surface area contributed by atoms with Crippen molar-refractivity contribution in [1.82, 2.24) is 4.98 Å². The maximum absolute atomic E-state index is 12.6. The summed E-state index contributed by atoms with van der Waals surface area (Å²) < 4.78 is 11.1. The summed E-state index contributed by atoms with van der Waals surface area (Å²) in [4.78, 5) is 18.5. The summed E-state index contributed by atoms with van der Waals surface area (Å²) in [7, 11) is 0. The Morgan fingerprint density at radius 3 is 2.86 bits per heavy atom. The number of hydrogen-bond donors (Lipinski definition) is 0. The van der Waals surface area contributed by atoms with Crippen LogP contribution in [0.1, 0.15) is 16.1 Å². The van der Waals surface area contributed by atoms with Gasteiger partial charge >= 0.3 is 0 Å². The van der Waals surface area contributed by atoms with Crippen LogP contribution >= 0.6 is 0 Å². The fraction of sp³-hybridized carbons (Fsp3) is 0.250. The first kappa shape index (κ1) is 12.2. The third-order valence-corrected chi connectivity index (χ3v) is 3.78. The minimum absolute atomic E-state index is 0.0615. The van der Waals surface area contributed by atoms with Gasteiger partial charge in [0.15, 0.2) is 11.5 Å². The van der Waals surface area contributed by atoms with E-state index in [1.807, 2.05) is 30.3 Å². The van der Waals surface area contributed by atoms with Gasteiger partial charge in [-0.15, -0.1) is 0 Å². The first-order valence-corrected chi connectivity index (χ1v) is 6.98. The fourth-order valence-corrected chi connectivity index (χ4v) is 2.74. The van der Waals surface area contributed by atoms with Crippen molar-refractivity contribution in [1.29, 1.82) is 0 Å². The Hall–Kier alpha value is -2.56. The molecule has 0 saturated carbocycles. The molecule has 106 valence electrons. The van der Waals surface area contributed by atoms with Crippen LogP contribution in [0.25, 0.3) is 0 Å². The van der Waals surface area contributed by atoms with E-state index < -0.39 is 0 Å². The quantitative estimate of drug-likeness (QED) is 0.803. The second-order valence-electron chi connectivity index (χ2n) is 5.05. The Labute approximate surface area is 122 Å². The molecule has 0 spiro atoms. The highest BCUT2D eigenvalue weighted by Gasteiger charge is 2.27. The van der Waals surface area contributed by atoms with Gasteiger partial charge in [-0.25, -0.2) is 0 Å². The van der Waals surface area contributed by atoms with Crippen molar-refractivity contribution < 1.29 is 14.3 Å². The lowest BCUT2D eigenvalue weighted by atomic mass is 10.0. The molecular formula is C16H14N2O3. The number of pyridine rings is 1. The molecule has 0 fully saturated rings. The van der Waals surface area contributed by atoms with Gasteiger partial charge in [0, 0.05) is 24.5 Å². The molecule has 0 bridgehead atoms. The molecule has 1 aromatic carbocycles. The zero-order valence-electron chi connectivity index (χ0n) is 11.4. The van der Waals surface area contributed by atoms with Gasteiger partial charge in [-0.1, -0.05) is 6.07 Å². The molecule has 0 saturated heterocycles. The molecule has 0 unspecified atom stereocenters. The van der Waals surface area contributed by atoms with Gasteiger partial charge in [0.25, 0.3) is 5.91 Å². The molecule has 0 N–H and O–H groups in total. The van der Waals surface area contributed by atoms with Crippen molar-refractivity contribution in [3.63, 3.8) is 0 Å². The number of amides is 1. The molecule has 5 nitrogen and oxygen atoms in total. The Kier molecular flexibility index (Phi) is 2.77. The van der Waals surface area contributed by atoms with Gasteiger partial charge < -0.3 is 14.4 Å². The Morgan fingerprint density at radius 2 is 1.95 bits per heavy atom. The number of carbonyl (C=O) groups excluding carboxylic acids is 1. The number of aromatic nitrogens is 1. The van der Waals surface area contributed by atoms with Crippen molar-refractivity contribution in [2.24, 2.45) is 0 Å². The van der Waals surface area contributed by atoms with Gasteiger partial charge in [0.2, 0.25) is 0 Å². The first-order valence-electron chi connectivity index (χ1n) is 6.98. The fourth-order valence-electron chi connectivity index (χ4n) is 2.74. The van der Waals surface area contributed by atoms with Crippen LogP contribution in [0.2, 0.25) is 0 Å². The predicted octanol–water partition coefficient (Wildman–Crippen LogP) is 2.06. The zero-order chi connectivity index (χ0) is 14.2. The zero-order valence-corrected chi connectivity index (χ0v) is 11.4. The molecule has 2 aliphatic heterocycles. The third-order valence-electron chi connectivity index (χ3n) is 3.78. The average Bonchev–Trinajstić information content (AvgIpc) is 2.55. The number of ether oxygens (including phenoxy) is 2. The lowest BCUT2D eigenvalue weighted by Gasteiger charge is -2.29. The van der Waals surface area contributed by atoms with E-state index in [0.29, 0.717) is 31.2 Å². The Morgan fingerprint density at radius 1 is 1.10 bits per heavy atom. The Bertz CT molecular complexity index is 714. The van der Waals surface area contributed by atoms with Gasteiger partial charge in [0.05, 0.1) is 0 Å². The average molecular weight is 282 g/mol. The van der Waals surface area contributed by atoms with Crippen LogP contribution in [-0.2, 0) is 6.42 Å². The van der Waals surface area contributed by atoms with E-state index in [1.54, 1.807) is 11.1 Å². The first-order chi connectivity index (χ1) is 10.3. The van der Waals surface area contributed by atoms with Crippen molar-refractivity contribution in [3.8, 4) is 11.5 Å². The summed E-state index contributed by atoms with van der Waals surface area (Å²) in [6.45, 7) is 1.75. The smallest absolute Gasteiger partial charge is 0.277 e. The SMILES string of the molecule is O=C1c2ncccc2CCN1c1ccc2c(c1)OCCO2. The van der Waals surface area contributed by atoms with Gasteiger partial charge in [-0.3, -0.25) is 9.78 Å². The van der Waals surface area contributed by atoms with E-state index in [2.05, 4.69) is 4.98 Å². The van der Waals surface area contributed by atoms with E-state index in [4.69, 9.17) is 9.47 Å². The molecule has 0 atom stereocenters. The summed E-state index contributed by atoms with van der Waals surface area (Å²) in [5.74, 6) is 1.36. The number of hydrogen-bond acceptors (Lipinski definition) is 4. The molecule has 5 heteroatoms. The summed E-state index contributed by atoms with van der Waals surface area (Å²) in [5.41, 5.74) is 2.37. The van der Waals surface area contributed by atoms with Gasteiger partial charge in [-0.2, -0.15) is 0 Å². The highest BCUT2D eigenvalue weighted by atomic mass is 16.6. The van der Waals surface area contributed by atoms with E-state index in [0.717, 1.165) is 23.4 Å². The number of benzene rings is 1. The molecule has 4 rings (SSSR count). The molecule has 21 heavy (non-hydrogen) atoms. The van der Waals surface area contributed by atoms with Crippen molar-refractivity contribution in [2.75, 3.05) is 24.7 Å². The monoisotopic (exact) mass is 282 g/mol. The molecular weight excluding hydrogens is 268 g/mol. The topological polar surface area (TPSA) is 51.7 Å². The van der Waals surface area contributed by atoms with Crippen molar-refractivity contribution >= 4 is 11.6 Å². The second-order valence-corrected chi connectivity index (χ2v) is 5.05. The summed E-state index contributed by atoms with van der Waals surface area (Å²) in [5, 5.41) is 0. The molecule has 0 radical (unpaired) electrons. The molecule has 2 aromatic rings. The van der Waals surface area contributed by atoms with Crippen LogP contribution in [0, 0.1) is 0 Å². The number of anilines is 1. The van der Waals surface area contributed by atoms with Crippen LogP contribution in [0.4, 0.5) is 5.69 Å². The van der Waals surface area contributed by atoms with Gasteiger partial charge in [0.1, 0.15) is 18.9 Å². The minimum Gasteiger partial charge on any atom is -0.486 e. The lowest BCUT2D eigenvalue weighted by Crippen LogP contribution is -2.38. The second kappa shape index (κ2) is 4.77. The normalized spacial score (nSPS) is 16.6. The van der Waals surface area contributed by atoms with E-state index in [1.165, 1.54) is 0 Å². The maximum atomic E-state index is 12.6. The van der Waals surface area contributed by atoms with Crippen molar-refractivity contribution in [2.45, 2.75) is 6.42 Å². The van der Waals surface area contributed by atoms with E-state index in [-0.39, 0.29) is 5.91 Å². The largest absolute Gasteiger partial charge is 0.486 e. The lowest BCUT2D eigenvalue weighted by molar-refractivity contribution is 0.0975. The van der Waals surface area contributed by atoms with Crippen LogP contribution in [-0.4, -0.2) is 30.6 Å². The summed E-state index contributed by atoms with van der Waals surface area (Å²) in [6.07, 6.45) is 2.47. The minimum atomic E-state index is -0.0615. The molecule has 1 amide bonds. The van der Waals surface area contributed by atoms with Crippen LogP contribution in [0.15, 0.2) is 36.5 Å². The predicted molar refractivity (Wildman–Crippen MR) is 77.0 cm³/mol. The number of nitrogens with zero attached hydrogens (tertiary/aromatic N) is 2.